The lowest BCUT2D eigenvalue weighted by Gasteiger charge is -2.27. The highest BCUT2D eigenvalue weighted by atomic mass is 19.1. The van der Waals surface area contributed by atoms with Crippen molar-refractivity contribution in [2.45, 2.75) is 32.1 Å². The Balaban J connectivity index is 1.46. The lowest BCUT2D eigenvalue weighted by molar-refractivity contribution is 0.0382. The molecule has 0 spiro atoms. The summed E-state index contributed by atoms with van der Waals surface area (Å²) in [7, 11) is 0. The van der Waals surface area contributed by atoms with Crippen molar-refractivity contribution in [2.24, 2.45) is 4.99 Å². The number of hydrogen-bond acceptors (Lipinski definition) is 6. The number of aromatic nitrogens is 4. The second kappa shape index (κ2) is 9.91. The van der Waals surface area contributed by atoms with Crippen molar-refractivity contribution < 1.29 is 9.13 Å². The number of aliphatic imine (C=N–C) groups is 1. The largest absolute Gasteiger partial charge is 0.371 e. The molecule has 37 heavy (non-hydrogen) atoms. The average Bonchev–Trinajstić information content (AvgIpc) is 3.56. The number of nitrogens with zero attached hydrogens (tertiary/aromatic N) is 5. The van der Waals surface area contributed by atoms with Gasteiger partial charge in [-0.3, -0.25) is 4.57 Å². The minimum Gasteiger partial charge on any atom is -0.371 e. The molecule has 2 atom stereocenters. The Kier molecular flexibility index (Phi) is 6.16. The quantitative estimate of drug-likeness (QED) is 0.289. The van der Waals surface area contributed by atoms with E-state index in [0.717, 1.165) is 16.8 Å². The predicted octanol–water partition coefficient (Wildman–Crippen LogP) is 5.97. The van der Waals surface area contributed by atoms with Crippen LogP contribution in [0.5, 0.6) is 0 Å². The van der Waals surface area contributed by atoms with Crippen LogP contribution in [0.2, 0.25) is 0 Å². The molecule has 5 aromatic rings. The fourth-order valence-electron chi connectivity index (χ4n) is 4.61. The second-order valence-electron chi connectivity index (χ2n) is 8.94. The molecule has 0 saturated carbocycles. The number of hydrogen-bond donors (Lipinski definition) is 1. The molecular weight excluding hydrogens is 467 g/mol. The summed E-state index contributed by atoms with van der Waals surface area (Å²) in [6.45, 7) is 2.44. The molecule has 3 heterocycles. The molecule has 0 aliphatic carbocycles. The van der Waals surface area contributed by atoms with Crippen LogP contribution in [0.3, 0.4) is 0 Å². The molecule has 0 saturated heterocycles. The molecule has 184 valence electrons. The van der Waals surface area contributed by atoms with E-state index in [2.05, 4.69) is 20.3 Å². The van der Waals surface area contributed by atoms with Crippen molar-refractivity contribution in [3.8, 4) is 5.69 Å². The van der Waals surface area contributed by atoms with Gasteiger partial charge in [0, 0.05) is 30.0 Å². The van der Waals surface area contributed by atoms with Crippen molar-refractivity contribution in [1.29, 1.82) is 0 Å². The van der Waals surface area contributed by atoms with E-state index >= 15 is 0 Å². The normalized spacial score (nSPS) is 14.0. The van der Waals surface area contributed by atoms with Crippen LogP contribution < -0.4 is 5.32 Å². The van der Waals surface area contributed by atoms with Crippen molar-refractivity contribution >= 4 is 28.9 Å². The van der Waals surface area contributed by atoms with Crippen LogP contribution in [-0.2, 0) is 17.8 Å². The Morgan fingerprint density at radius 2 is 1.78 bits per heavy atom. The Bertz CT molecular complexity index is 1570. The van der Waals surface area contributed by atoms with Gasteiger partial charge in [-0.25, -0.2) is 24.3 Å². The third-order valence-corrected chi connectivity index (χ3v) is 6.48. The maximum atomic E-state index is 14.4. The molecule has 8 heteroatoms. The Morgan fingerprint density at radius 1 is 1.00 bits per heavy atom. The summed E-state index contributed by atoms with van der Waals surface area (Å²) in [6.07, 6.45) is 3.66. The first-order valence-electron chi connectivity index (χ1n) is 12.2. The van der Waals surface area contributed by atoms with Crippen LogP contribution in [0, 0.1) is 5.82 Å². The number of imidazole rings is 1. The van der Waals surface area contributed by atoms with E-state index in [-0.39, 0.29) is 11.9 Å². The number of nitrogens with one attached hydrogen (secondary N) is 1. The molecule has 0 amide bonds. The van der Waals surface area contributed by atoms with Crippen LogP contribution in [0.25, 0.3) is 16.7 Å². The highest BCUT2D eigenvalue weighted by Crippen LogP contribution is 2.34. The Morgan fingerprint density at radius 3 is 2.59 bits per heavy atom. The van der Waals surface area contributed by atoms with Gasteiger partial charge in [0.1, 0.15) is 29.8 Å². The van der Waals surface area contributed by atoms with Gasteiger partial charge < -0.3 is 10.1 Å². The Hall–Kier alpha value is -4.43. The molecule has 2 aromatic heterocycles. The standard InChI is InChI=1S/C29H25FN6O/c1-19(37-17-20-8-4-2-5-9-20)26(35-28-23-14-15-31-27(23)32-18-33-28)29-34-24-13-12-21(30)16-25(24)36(29)22-10-6-3-7-11-22/h2-13,15-16,18-19,26H,14,17H2,1H3,(H,32,33,35)/t19-,26+/m1/s1. The van der Waals surface area contributed by atoms with E-state index in [0.29, 0.717) is 41.5 Å². The first kappa shape index (κ1) is 23.0. The number of ether oxygens (including phenoxy) is 1. The topological polar surface area (TPSA) is 77.2 Å². The average molecular weight is 493 g/mol. The second-order valence-corrected chi connectivity index (χ2v) is 8.94. The van der Waals surface area contributed by atoms with Gasteiger partial charge in [-0.05, 0) is 36.8 Å². The molecule has 0 fully saturated rings. The number of para-hydroxylation sites is 1. The highest BCUT2D eigenvalue weighted by Gasteiger charge is 2.29. The number of fused-ring (bicyclic) bond motifs is 2. The molecule has 3 aromatic carbocycles. The van der Waals surface area contributed by atoms with Gasteiger partial charge in [0.2, 0.25) is 0 Å². The van der Waals surface area contributed by atoms with E-state index in [1.165, 1.54) is 18.5 Å². The SMILES string of the molecule is C[C@@H](OCc1ccccc1)[C@H](Nc1ncnc2c1CC=N2)c1nc2ccc(F)cc2n1-c1ccccc1. The van der Waals surface area contributed by atoms with Gasteiger partial charge in [-0.2, -0.15) is 0 Å². The lowest BCUT2D eigenvalue weighted by atomic mass is 10.1. The zero-order valence-electron chi connectivity index (χ0n) is 20.3. The molecule has 0 bridgehead atoms. The third kappa shape index (κ3) is 4.59. The first-order valence-corrected chi connectivity index (χ1v) is 12.2. The summed E-state index contributed by atoms with van der Waals surface area (Å²) in [5, 5.41) is 3.58. The fourth-order valence-corrected chi connectivity index (χ4v) is 4.61. The summed E-state index contributed by atoms with van der Waals surface area (Å²) in [4.78, 5) is 18.2. The molecule has 1 N–H and O–H groups in total. The number of benzene rings is 3. The first-order chi connectivity index (χ1) is 18.2. The van der Waals surface area contributed by atoms with E-state index < -0.39 is 6.04 Å². The van der Waals surface area contributed by atoms with Gasteiger partial charge in [0.25, 0.3) is 0 Å². The van der Waals surface area contributed by atoms with Crippen molar-refractivity contribution in [2.75, 3.05) is 5.32 Å². The van der Waals surface area contributed by atoms with Gasteiger partial charge in [0.05, 0.1) is 23.7 Å². The number of rotatable bonds is 8. The van der Waals surface area contributed by atoms with Crippen LogP contribution in [-0.4, -0.2) is 31.8 Å². The van der Waals surface area contributed by atoms with E-state index in [9.17, 15) is 4.39 Å². The Labute approximate surface area is 213 Å². The van der Waals surface area contributed by atoms with E-state index in [1.54, 1.807) is 6.07 Å². The summed E-state index contributed by atoms with van der Waals surface area (Å²) in [5.74, 6) is 1.71. The smallest absolute Gasteiger partial charge is 0.160 e. The van der Waals surface area contributed by atoms with Gasteiger partial charge in [0.15, 0.2) is 5.82 Å². The molecule has 0 unspecified atom stereocenters. The molecule has 1 aliphatic rings. The highest BCUT2D eigenvalue weighted by molar-refractivity contribution is 5.80. The van der Waals surface area contributed by atoms with Gasteiger partial charge in [-0.1, -0.05) is 48.5 Å². The number of anilines is 1. The maximum Gasteiger partial charge on any atom is 0.160 e. The minimum absolute atomic E-state index is 0.320. The maximum absolute atomic E-state index is 14.4. The lowest BCUT2D eigenvalue weighted by Crippen LogP contribution is -2.29. The predicted molar refractivity (Wildman–Crippen MR) is 142 cm³/mol. The molecule has 1 aliphatic heterocycles. The van der Waals surface area contributed by atoms with Crippen molar-refractivity contribution in [3.05, 3.63) is 108 Å². The summed E-state index contributed by atoms with van der Waals surface area (Å²) in [6, 6.07) is 24.1. The van der Waals surface area contributed by atoms with Crippen molar-refractivity contribution in [3.63, 3.8) is 0 Å². The van der Waals surface area contributed by atoms with Crippen LogP contribution in [0.1, 0.15) is 29.9 Å². The van der Waals surface area contributed by atoms with Crippen LogP contribution in [0.15, 0.2) is 90.2 Å². The van der Waals surface area contributed by atoms with Crippen LogP contribution >= 0.6 is 0 Å². The molecule has 0 radical (unpaired) electrons. The van der Waals surface area contributed by atoms with Crippen LogP contribution in [0.4, 0.5) is 16.0 Å². The van der Waals surface area contributed by atoms with Gasteiger partial charge in [-0.15, -0.1) is 0 Å². The molecule has 7 nitrogen and oxygen atoms in total. The zero-order chi connectivity index (χ0) is 25.2. The molecule has 6 rings (SSSR count). The molecular formula is C29H25FN6O. The third-order valence-electron chi connectivity index (χ3n) is 6.48. The monoisotopic (exact) mass is 492 g/mol. The minimum atomic E-state index is -0.418. The summed E-state index contributed by atoms with van der Waals surface area (Å²) in [5.41, 5.74) is 4.25. The van der Waals surface area contributed by atoms with Gasteiger partial charge >= 0.3 is 0 Å². The van der Waals surface area contributed by atoms with E-state index in [4.69, 9.17) is 9.72 Å². The fraction of sp³-hybridized carbons (Fsp3) is 0.172. The zero-order valence-corrected chi connectivity index (χ0v) is 20.3. The summed E-state index contributed by atoms with van der Waals surface area (Å²) < 4.78 is 22.8. The number of halogens is 1. The van der Waals surface area contributed by atoms with E-state index in [1.807, 2.05) is 78.4 Å². The van der Waals surface area contributed by atoms with Crippen molar-refractivity contribution in [1.82, 2.24) is 19.5 Å². The summed E-state index contributed by atoms with van der Waals surface area (Å²) >= 11 is 0.